The first kappa shape index (κ1) is 11.3. The third-order valence-electron chi connectivity index (χ3n) is 1.70. The molecule has 1 aromatic heterocycles. The maximum atomic E-state index is 5.60. The van der Waals surface area contributed by atoms with Crippen LogP contribution in [0.2, 0.25) is 0 Å². The van der Waals surface area contributed by atoms with Gasteiger partial charge in [-0.15, -0.1) is 0 Å². The van der Waals surface area contributed by atoms with E-state index >= 15 is 0 Å². The lowest BCUT2D eigenvalue weighted by atomic mass is 10.4. The highest BCUT2D eigenvalue weighted by Crippen LogP contribution is 2.16. The molecule has 0 aliphatic rings. The second kappa shape index (κ2) is 5.17. The molecule has 0 saturated heterocycles. The van der Waals surface area contributed by atoms with E-state index in [0.717, 1.165) is 11.4 Å². The van der Waals surface area contributed by atoms with Crippen LogP contribution < -0.4 is 5.73 Å². The van der Waals surface area contributed by atoms with Gasteiger partial charge in [0.25, 0.3) is 0 Å². The monoisotopic (exact) mass is 213 g/mol. The average molecular weight is 213 g/mol. The van der Waals surface area contributed by atoms with Gasteiger partial charge in [-0.25, -0.2) is 9.97 Å². The number of nitrogens with two attached hydrogens (primary N) is 1. The Balaban J connectivity index is 2.58. The van der Waals surface area contributed by atoms with Gasteiger partial charge >= 0.3 is 0 Å². The molecule has 0 fully saturated rings. The predicted octanol–water partition coefficient (Wildman–Crippen LogP) is 1.49. The quantitative estimate of drug-likeness (QED) is 0.606. The largest absolute Gasteiger partial charge is 0.384 e. The molecule has 0 aromatic carbocycles. The average Bonchev–Trinajstić information content (AvgIpc) is 2.12. The zero-order valence-electron chi connectivity index (χ0n) is 8.65. The summed E-state index contributed by atoms with van der Waals surface area (Å²) in [5.41, 5.74) is 6.50. The van der Waals surface area contributed by atoms with Crippen molar-refractivity contribution in [3.05, 3.63) is 11.8 Å². The lowest BCUT2D eigenvalue weighted by Crippen LogP contribution is -2.08. The smallest absolute Gasteiger partial charge is 0.189 e. The zero-order chi connectivity index (χ0) is 10.6. The van der Waals surface area contributed by atoms with Crippen molar-refractivity contribution in [2.24, 2.45) is 0 Å². The van der Waals surface area contributed by atoms with Gasteiger partial charge in [0, 0.05) is 24.6 Å². The van der Waals surface area contributed by atoms with Crippen molar-refractivity contribution >= 4 is 17.6 Å². The summed E-state index contributed by atoms with van der Waals surface area (Å²) in [5, 5.41) is 0.714. The summed E-state index contributed by atoms with van der Waals surface area (Å²) in [6.45, 7) is 3.91. The zero-order valence-corrected chi connectivity index (χ0v) is 9.47. The molecular formula is C9H15N3OS. The third kappa shape index (κ3) is 3.51. The number of ether oxygens (including phenoxy) is 1. The van der Waals surface area contributed by atoms with E-state index in [0.29, 0.717) is 11.0 Å². The molecule has 0 amide bonds. The number of methoxy groups -OCH3 is 1. The third-order valence-corrected chi connectivity index (χ3v) is 2.78. The number of anilines is 1. The fraction of sp³-hybridized carbons (Fsp3) is 0.556. The van der Waals surface area contributed by atoms with E-state index in [4.69, 9.17) is 10.5 Å². The SMILES string of the molecule is COC(C)CSc1nc(C)cc(N)n1. The number of hydrogen-bond donors (Lipinski definition) is 1. The number of hydrogen-bond acceptors (Lipinski definition) is 5. The molecule has 0 spiro atoms. The normalized spacial score (nSPS) is 12.8. The molecule has 1 unspecified atom stereocenters. The molecule has 14 heavy (non-hydrogen) atoms. The molecule has 2 N–H and O–H groups in total. The Morgan fingerprint density at radius 1 is 1.57 bits per heavy atom. The lowest BCUT2D eigenvalue weighted by Gasteiger charge is -2.07. The van der Waals surface area contributed by atoms with E-state index in [-0.39, 0.29) is 6.10 Å². The van der Waals surface area contributed by atoms with Crippen LogP contribution in [0.5, 0.6) is 0 Å². The van der Waals surface area contributed by atoms with E-state index in [9.17, 15) is 0 Å². The topological polar surface area (TPSA) is 61.0 Å². The van der Waals surface area contributed by atoms with E-state index in [1.165, 1.54) is 0 Å². The van der Waals surface area contributed by atoms with Gasteiger partial charge in [0.1, 0.15) is 5.82 Å². The number of thioether (sulfide) groups is 1. The van der Waals surface area contributed by atoms with Crippen molar-refractivity contribution in [2.75, 3.05) is 18.6 Å². The first-order valence-corrected chi connectivity index (χ1v) is 5.37. The van der Waals surface area contributed by atoms with Gasteiger partial charge in [-0.3, -0.25) is 0 Å². The molecule has 5 heteroatoms. The van der Waals surface area contributed by atoms with Crippen molar-refractivity contribution in [1.29, 1.82) is 0 Å². The van der Waals surface area contributed by atoms with Gasteiger partial charge < -0.3 is 10.5 Å². The fourth-order valence-electron chi connectivity index (χ4n) is 0.889. The van der Waals surface area contributed by atoms with Crippen LogP contribution >= 0.6 is 11.8 Å². The Labute approximate surface area is 88.3 Å². The molecule has 0 radical (unpaired) electrons. The van der Waals surface area contributed by atoms with E-state index in [1.807, 2.05) is 13.8 Å². The van der Waals surface area contributed by atoms with Crippen molar-refractivity contribution in [3.63, 3.8) is 0 Å². The number of nitrogens with zero attached hydrogens (tertiary/aromatic N) is 2. The Hall–Kier alpha value is -0.810. The van der Waals surface area contributed by atoms with Gasteiger partial charge in [0.15, 0.2) is 5.16 Å². The highest BCUT2D eigenvalue weighted by atomic mass is 32.2. The minimum absolute atomic E-state index is 0.199. The highest BCUT2D eigenvalue weighted by Gasteiger charge is 2.04. The summed E-state index contributed by atoms with van der Waals surface area (Å²) in [5.74, 6) is 1.35. The summed E-state index contributed by atoms with van der Waals surface area (Å²) in [7, 11) is 1.69. The molecule has 0 saturated carbocycles. The fourth-order valence-corrected chi connectivity index (χ4v) is 1.79. The van der Waals surface area contributed by atoms with Crippen molar-refractivity contribution < 1.29 is 4.74 Å². The van der Waals surface area contributed by atoms with Gasteiger partial charge in [-0.2, -0.15) is 0 Å². The van der Waals surface area contributed by atoms with E-state index < -0.39 is 0 Å². The molecule has 4 nitrogen and oxygen atoms in total. The molecule has 0 aliphatic heterocycles. The lowest BCUT2D eigenvalue weighted by molar-refractivity contribution is 0.138. The van der Waals surface area contributed by atoms with Crippen molar-refractivity contribution in [2.45, 2.75) is 25.1 Å². The molecule has 0 bridgehead atoms. The molecule has 1 aromatic rings. The summed E-state index contributed by atoms with van der Waals surface area (Å²) < 4.78 is 5.12. The Morgan fingerprint density at radius 3 is 2.86 bits per heavy atom. The Morgan fingerprint density at radius 2 is 2.29 bits per heavy atom. The molecule has 1 atom stereocenters. The number of nitrogen functional groups attached to an aromatic ring is 1. The van der Waals surface area contributed by atoms with Crippen LogP contribution in [0.3, 0.4) is 0 Å². The highest BCUT2D eigenvalue weighted by molar-refractivity contribution is 7.99. The van der Waals surface area contributed by atoms with Crippen LogP contribution in [0.1, 0.15) is 12.6 Å². The Kier molecular flexibility index (Phi) is 4.16. The summed E-state index contributed by atoms with van der Waals surface area (Å²) in [4.78, 5) is 8.37. The number of aryl methyl sites for hydroxylation is 1. The maximum Gasteiger partial charge on any atom is 0.189 e. The summed E-state index contributed by atoms with van der Waals surface area (Å²) in [6, 6.07) is 1.75. The van der Waals surface area contributed by atoms with Gasteiger partial charge in [0.05, 0.1) is 6.10 Å². The molecular weight excluding hydrogens is 198 g/mol. The molecule has 1 heterocycles. The van der Waals surface area contributed by atoms with E-state index in [2.05, 4.69) is 9.97 Å². The van der Waals surface area contributed by atoms with Crippen molar-refractivity contribution in [3.8, 4) is 0 Å². The van der Waals surface area contributed by atoms with Crippen LogP contribution in [0.4, 0.5) is 5.82 Å². The second-order valence-electron chi connectivity index (χ2n) is 3.07. The molecule has 1 rings (SSSR count). The first-order valence-electron chi connectivity index (χ1n) is 4.38. The predicted molar refractivity (Wildman–Crippen MR) is 58.4 cm³/mol. The molecule has 78 valence electrons. The standard InChI is InChI=1S/C9H15N3OS/c1-6-4-8(10)12-9(11-6)14-5-7(2)13-3/h4,7H,5H2,1-3H3,(H2,10,11,12). The number of aromatic nitrogens is 2. The van der Waals surface area contributed by atoms with Crippen LogP contribution in [0.15, 0.2) is 11.2 Å². The van der Waals surface area contributed by atoms with Gasteiger partial charge in [-0.05, 0) is 13.8 Å². The van der Waals surface area contributed by atoms with Crippen LogP contribution in [0.25, 0.3) is 0 Å². The van der Waals surface area contributed by atoms with Gasteiger partial charge in [0.2, 0.25) is 0 Å². The van der Waals surface area contributed by atoms with Gasteiger partial charge in [-0.1, -0.05) is 11.8 Å². The van der Waals surface area contributed by atoms with Crippen LogP contribution in [-0.4, -0.2) is 28.9 Å². The van der Waals surface area contributed by atoms with Crippen LogP contribution in [0, 0.1) is 6.92 Å². The second-order valence-corrected chi connectivity index (χ2v) is 4.06. The minimum Gasteiger partial charge on any atom is -0.384 e. The first-order chi connectivity index (χ1) is 6.61. The Bertz CT molecular complexity index is 286. The van der Waals surface area contributed by atoms with Crippen LogP contribution in [-0.2, 0) is 4.74 Å². The minimum atomic E-state index is 0.199. The van der Waals surface area contributed by atoms with E-state index in [1.54, 1.807) is 24.9 Å². The number of rotatable bonds is 4. The van der Waals surface area contributed by atoms with Crippen molar-refractivity contribution in [1.82, 2.24) is 9.97 Å². The summed E-state index contributed by atoms with van der Waals surface area (Å²) >= 11 is 1.55. The maximum absolute atomic E-state index is 5.60. The molecule has 0 aliphatic carbocycles. The summed E-state index contributed by atoms with van der Waals surface area (Å²) in [6.07, 6.45) is 0.199.